The second kappa shape index (κ2) is 5.71. The second-order valence-electron chi connectivity index (χ2n) is 7.01. The lowest BCUT2D eigenvalue weighted by atomic mass is 9.63. The first-order valence-electron chi connectivity index (χ1n) is 8.36. The van der Waals surface area contributed by atoms with Gasteiger partial charge in [-0.3, -0.25) is 4.90 Å². The number of nitrogens with zero attached hydrogens (tertiary/aromatic N) is 1. The molecule has 1 aromatic heterocycles. The van der Waals surface area contributed by atoms with E-state index in [1.54, 1.807) is 0 Å². The van der Waals surface area contributed by atoms with E-state index in [2.05, 4.69) is 39.9 Å². The fourth-order valence-corrected chi connectivity index (χ4v) is 5.17. The average molecular weight is 312 g/mol. The minimum atomic E-state index is 0.378. The van der Waals surface area contributed by atoms with Crippen LogP contribution < -0.4 is 5.73 Å². The number of nitrogens with two attached hydrogens (primary N) is 1. The van der Waals surface area contributed by atoms with Crippen molar-refractivity contribution in [3.8, 4) is 0 Å². The molecule has 2 unspecified atom stereocenters. The first-order chi connectivity index (χ1) is 10.8. The summed E-state index contributed by atoms with van der Waals surface area (Å²) < 4.78 is 0. The van der Waals surface area contributed by atoms with E-state index in [0.29, 0.717) is 5.41 Å². The van der Waals surface area contributed by atoms with Crippen molar-refractivity contribution in [2.75, 3.05) is 12.3 Å². The summed E-state index contributed by atoms with van der Waals surface area (Å²) in [5, 5.41) is 4.49. The van der Waals surface area contributed by atoms with Gasteiger partial charge >= 0.3 is 0 Å². The van der Waals surface area contributed by atoms with Crippen LogP contribution in [-0.4, -0.2) is 17.5 Å². The largest absolute Gasteiger partial charge is 0.399 e. The van der Waals surface area contributed by atoms with E-state index in [1.807, 2.05) is 17.4 Å². The first-order valence-corrected chi connectivity index (χ1v) is 9.31. The zero-order chi connectivity index (χ0) is 15.0. The fourth-order valence-electron chi connectivity index (χ4n) is 4.51. The predicted octanol–water partition coefficient (Wildman–Crippen LogP) is 4.42. The Morgan fingerprint density at radius 3 is 3.05 bits per heavy atom. The van der Waals surface area contributed by atoms with Gasteiger partial charge in [0.2, 0.25) is 0 Å². The van der Waals surface area contributed by atoms with Crippen LogP contribution in [0.4, 0.5) is 5.69 Å². The minimum absolute atomic E-state index is 0.378. The summed E-state index contributed by atoms with van der Waals surface area (Å²) in [5.74, 6) is 0. The molecule has 0 spiro atoms. The van der Waals surface area contributed by atoms with Gasteiger partial charge in [-0.25, -0.2) is 0 Å². The Morgan fingerprint density at radius 2 is 2.23 bits per heavy atom. The second-order valence-corrected chi connectivity index (χ2v) is 7.79. The maximum absolute atomic E-state index is 6.04. The maximum atomic E-state index is 6.04. The van der Waals surface area contributed by atoms with Gasteiger partial charge in [0.1, 0.15) is 0 Å². The normalized spacial score (nSPS) is 28.6. The van der Waals surface area contributed by atoms with E-state index >= 15 is 0 Å². The molecule has 4 rings (SSSR count). The molecule has 2 heterocycles. The molecule has 22 heavy (non-hydrogen) atoms. The Labute approximate surface area is 137 Å². The molecule has 1 saturated heterocycles. The van der Waals surface area contributed by atoms with Crippen LogP contribution in [0.1, 0.15) is 43.2 Å². The fraction of sp³-hybridized carbons (Fsp3) is 0.474. The number of rotatable bonds is 3. The van der Waals surface area contributed by atoms with Gasteiger partial charge in [0, 0.05) is 18.3 Å². The van der Waals surface area contributed by atoms with Crippen LogP contribution >= 0.6 is 11.3 Å². The lowest BCUT2D eigenvalue weighted by Crippen LogP contribution is -2.51. The monoisotopic (exact) mass is 312 g/mol. The van der Waals surface area contributed by atoms with Gasteiger partial charge in [-0.05, 0) is 77.7 Å². The molecule has 1 aromatic carbocycles. The number of nitrogen functional groups attached to an aromatic ring is 1. The third-order valence-corrected chi connectivity index (χ3v) is 6.41. The minimum Gasteiger partial charge on any atom is -0.399 e. The molecule has 2 aromatic rings. The number of thiophene rings is 1. The number of anilines is 1. The lowest BCUT2D eigenvalue weighted by molar-refractivity contribution is 0.0460. The van der Waals surface area contributed by atoms with Gasteiger partial charge < -0.3 is 5.73 Å². The van der Waals surface area contributed by atoms with Crippen molar-refractivity contribution in [3.05, 3.63) is 52.2 Å². The number of likely N-dealkylation sites (tertiary alicyclic amines) is 1. The Balaban J connectivity index is 1.56. The van der Waals surface area contributed by atoms with E-state index in [4.69, 9.17) is 5.73 Å². The SMILES string of the molecule is Nc1cccc(C23CCCC(C2)N(Cc2ccsc2)CC3)c1. The summed E-state index contributed by atoms with van der Waals surface area (Å²) in [4.78, 5) is 2.71. The highest BCUT2D eigenvalue weighted by molar-refractivity contribution is 7.07. The molecular weight excluding hydrogens is 288 g/mol. The van der Waals surface area contributed by atoms with Gasteiger partial charge in [0.05, 0.1) is 0 Å². The summed E-state index contributed by atoms with van der Waals surface area (Å²) in [6, 6.07) is 11.7. The summed E-state index contributed by atoms with van der Waals surface area (Å²) in [5.41, 5.74) is 10.3. The van der Waals surface area contributed by atoms with Gasteiger partial charge in [-0.1, -0.05) is 18.6 Å². The third-order valence-electron chi connectivity index (χ3n) is 5.68. The van der Waals surface area contributed by atoms with E-state index in [-0.39, 0.29) is 0 Å². The van der Waals surface area contributed by atoms with Crippen LogP contribution in [0, 0.1) is 0 Å². The quantitative estimate of drug-likeness (QED) is 0.850. The number of piperidine rings is 1. The molecule has 0 radical (unpaired) electrons. The highest BCUT2D eigenvalue weighted by Crippen LogP contribution is 2.47. The molecule has 1 aliphatic heterocycles. The van der Waals surface area contributed by atoms with Crippen LogP contribution in [0.3, 0.4) is 0 Å². The highest BCUT2D eigenvalue weighted by atomic mass is 32.1. The van der Waals surface area contributed by atoms with Crippen molar-refractivity contribution in [2.45, 2.75) is 50.1 Å². The van der Waals surface area contributed by atoms with Crippen LogP contribution in [0.5, 0.6) is 0 Å². The van der Waals surface area contributed by atoms with E-state index in [0.717, 1.165) is 18.3 Å². The Kier molecular flexibility index (Phi) is 3.71. The molecule has 1 saturated carbocycles. The third kappa shape index (κ3) is 2.57. The van der Waals surface area contributed by atoms with Crippen molar-refractivity contribution in [2.24, 2.45) is 0 Å². The Hall–Kier alpha value is -1.32. The number of hydrogen-bond acceptors (Lipinski definition) is 3. The van der Waals surface area contributed by atoms with Gasteiger partial charge in [-0.15, -0.1) is 0 Å². The molecule has 1 aliphatic carbocycles. The van der Waals surface area contributed by atoms with Crippen molar-refractivity contribution in [3.63, 3.8) is 0 Å². The van der Waals surface area contributed by atoms with Crippen LogP contribution in [-0.2, 0) is 12.0 Å². The van der Waals surface area contributed by atoms with Crippen molar-refractivity contribution >= 4 is 17.0 Å². The molecule has 2 atom stereocenters. The van der Waals surface area contributed by atoms with E-state index in [1.165, 1.54) is 49.8 Å². The summed E-state index contributed by atoms with van der Waals surface area (Å²) >= 11 is 1.81. The summed E-state index contributed by atoms with van der Waals surface area (Å²) in [6.07, 6.45) is 6.62. The molecule has 2 nitrogen and oxygen atoms in total. The van der Waals surface area contributed by atoms with E-state index < -0.39 is 0 Å². The standard InChI is InChI=1S/C19H24N2S/c20-17-4-1-3-16(11-17)19-7-2-5-18(12-19)21(9-8-19)13-15-6-10-22-14-15/h1,3-4,6,10-11,14,18H,2,5,7-9,12-13,20H2. The molecule has 3 heteroatoms. The highest BCUT2D eigenvalue weighted by Gasteiger charge is 2.43. The average Bonchev–Trinajstić information content (AvgIpc) is 3.04. The molecule has 116 valence electrons. The molecule has 2 fully saturated rings. The van der Waals surface area contributed by atoms with Crippen molar-refractivity contribution in [1.82, 2.24) is 4.90 Å². The topological polar surface area (TPSA) is 29.3 Å². The Bertz CT molecular complexity index is 637. The molecule has 0 amide bonds. The summed E-state index contributed by atoms with van der Waals surface area (Å²) in [7, 11) is 0. The number of hydrogen-bond donors (Lipinski definition) is 1. The zero-order valence-corrected chi connectivity index (χ0v) is 13.8. The maximum Gasteiger partial charge on any atom is 0.0316 e. The van der Waals surface area contributed by atoms with Crippen molar-refractivity contribution in [1.29, 1.82) is 0 Å². The smallest absolute Gasteiger partial charge is 0.0316 e. The van der Waals surface area contributed by atoms with Crippen LogP contribution in [0.15, 0.2) is 41.1 Å². The van der Waals surface area contributed by atoms with Crippen molar-refractivity contribution < 1.29 is 0 Å². The van der Waals surface area contributed by atoms with Gasteiger partial charge in [0.15, 0.2) is 0 Å². The Morgan fingerprint density at radius 1 is 1.27 bits per heavy atom. The zero-order valence-electron chi connectivity index (χ0n) is 13.0. The molecular formula is C19H24N2S. The number of fused-ring (bicyclic) bond motifs is 2. The predicted molar refractivity (Wildman–Crippen MR) is 94.1 cm³/mol. The first kappa shape index (κ1) is 14.3. The van der Waals surface area contributed by atoms with E-state index in [9.17, 15) is 0 Å². The van der Waals surface area contributed by atoms with Crippen LogP contribution in [0.2, 0.25) is 0 Å². The van der Waals surface area contributed by atoms with Gasteiger partial charge in [0.25, 0.3) is 0 Å². The van der Waals surface area contributed by atoms with Gasteiger partial charge in [-0.2, -0.15) is 11.3 Å². The number of benzene rings is 1. The lowest BCUT2D eigenvalue weighted by Gasteiger charge is -2.51. The molecule has 2 bridgehead atoms. The summed E-state index contributed by atoms with van der Waals surface area (Å²) in [6.45, 7) is 2.34. The van der Waals surface area contributed by atoms with Crippen LogP contribution in [0.25, 0.3) is 0 Å². The molecule has 2 aliphatic rings. The molecule has 2 N–H and O–H groups in total.